The number of hydrogen-bond acceptors (Lipinski definition) is 4. The molecular weight excluding hydrogens is 638 g/mol. The highest BCUT2D eigenvalue weighted by atomic mass is 79.9. The highest BCUT2D eigenvalue weighted by Gasteiger charge is 2.34. The molecule has 9 heteroatoms. The van der Waals surface area contributed by atoms with E-state index in [1.54, 1.807) is 54.6 Å². The fourth-order valence-corrected chi connectivity index (χ4v) is 6.42. The Morgan fingerprint density at radius 1 is 0.818 bits per heavy atom. The van der Waals surface area contributed by atoms with Crippen molar-refractivity contribution in [3.8, 4) is 0 Å². The number of carbonyl (C=O) groups is 2. The lowest BCUT2D eigenvalue weighted by Crippen LogP contribution is -2.54. The molecule has 230 valence electrons. The summed E-state index contributed by atoms with van der Waals surface area (Å²) in [6.07, 6.45) is 0.989. The van der Waals surface area contributed by atoms with Crippen LogP contribution in [0, 0.1) is 6.92 Å². The third-order valence-corrected chi connectivity index (χ3v) is 9.79. The molecule has 2 amide bonds. The van der Waals surface area contributed by atoms with E-state index in [9.17, 15) is 18.0 Å². The van der Waals surface area contributed by atoms with Gasteiger partial charge in [0.1, 0.15) is 12.6 Å². The van der Waals surface area contributed by atoms with Crippen LogP contribution in [0.3, 0.4) is 0 Å². The normalized spacial score (nSPS) is 12.6. The van der Waals surface area contributed by atoms with Crippen molar-refractivity contribution in [2.24, 2.45) is 0 Å². The first-order chi connectivity index (χ1) is 21.1. The second kappa shape index (κ2) is 15.2. The minimum Gasteiger partial charge on any atom is -0.352 e. The number of nitrogens with one attached hydrogen (secondary N) is 1. The molecule has 0 aliphatic heterocycles. The fraction of sp³-hybridized carbons (Fsp3) is 0.257. The van der Waals surface area contributed by atoms with Gasteiger partial charge in [-0.1, -0.05) is 101 Å². The van der Waals surface area contributed by atoms with Crippen LogP contribution in [0.5, 0.6) is 0 Å². The van der Waals surface area contributed by atoms with Crippen molar-refractivity contribution in [2.75, 3.05) is 10.8 Å². The fourth-order valence-electron chi connectivity index (χ4n) is 4.74. The maximum absolute atomic E-state index is 14.5. The molecule has 2 unspecified atom stereocenters. The van der Waals surface area contributed by atoms with Crippen molar-refractivity contribution < 1.29 is 18.0 Å². The van der Waals surface area contributed by atoms with Gasteiger partial charge in [0.05, 0.1) is 10.6 Å². The van der Waals surface area contributed by atoms with Gasteiger partial charge in [0, 0.05) is 23.5 Å². The molecular formula is C35H38BrN3O4S. The van der Waals surface area contributed by atoms with Crippen LogP contribution < -0.4 is 9.62 Å². The summed E-state index contributed by atoms with van der Waals surface area (Å²) in [7, 11) is -4.13. The number of rotatable bonds is 13. The average Bonchev–Trinajstić information content (AvgIpc) is 3.03. The van der Waals surface area contributed by atoms with E-state index < -0.39 is 28.5 Å². The Bertz CT molecular complexity index is 1630. The second-order valence-corrected chi connectivity index (χ2v) is 13.6. The van der Waals surface area contributed by atoms with Gasteiger partial charge < -0.3 is 10.2 Å². The standard InChI is InChI=1S/C35H38BrN3O4S/c1-4-27(3)37-35(41)33(23-28-11-7-5-8-12-28)38(24-29-17-19-30(36)20-18-29)34(40)25-39(31-13-9-6-10-14-31)44(42,43)32-21-15-26(2)16-22-32/h5-22,27,33H,4,23-25H2,1-3H3,(H,37,41). The Morgan fingerprint density at radius 2 is 1.41 bits per heavy atom. The molecule has 0 aliphatic carbocycles. The zero-order valence-electron chi connectivity index (χ0n) is 25.2. The number of carbonyl (C=O) groups excluding carboxylic acids is 2. The first-order valence-corrected chi connectivity index (χ1v) is 16.8. The van der Waals surface area contributed by atoms with E-state index >= 15 is 0 Å². The van der Waals surface area contributed by atoms with Crippen molar-refractivity contribution in [2.45, 2.75) is 57.1 Å². The molecule has 1 N–H and O–H groups in total. The summed E-state index contributed by atoms with van der Waals surface area (Å²) in [6, 6.07) is 31.2. The SMILES string of the molecule is CCC(C)NC(=O)C(Cc1ccccc1)N(Cc1ccc(Br)cc1)C(=O)CN(c1ccccc1)S(=O)(=O)c1ccc(C)cc1. The molecule has 0 aliphatic rings. The zero-order valence-corrected chi connectivity index (χ0v) is 27.6. The summed E-state index contributed by atoms with van der Waals surface area (Å²) >= 11 is 3.46. The van der Waals surface area contributed by atoms with Crippen LogP contribution in [-0.4, -0.2) is 43.8 Å². The lowest BCUT2D eigenvalue weighted by molar-refractivity contribution is -0.140. The van der Waals surface area contributed by atoms with Crippen LogP contribution in [-0.2, 0) is 32.6 Å². The number of hydrogen-bond donors (Lipinski definition) is 1. The Labute approximate surface area is 269 Å². The molecule has 0 spiro atoms. The zero-order chi connectivity index (χ0) is 31.7. The topological polar surface area (TPSA) is 86.8 Å². The van der Waals surface area contributed by atoms with Crippen molar-refractivity contribution in [1.29, 1.82) is 0 Å². The minimum atomic E-state index is -4.13. The number of halogens is 1. The monoisotopic (exact) mass is 675 g/mol. The van der Waals surface area contributed by atoms with Crippen LogP contribution in [0.15, 0.2) is 119 Å². The Morgan fingerprint density at radius 3 is 2.00 bits per heavy atom. The van der Waals surface area contributed by atoms with Gasteiger partial charge >= 0.3 is 0 Å². The van der Waals surface area contributed by atoms with Crippen molar-refractivity contribution in [3.05, 3.63) is 130 Å². The Balaban J connectivity index is 1.78. The van der Waals surface area contributed by atoms with E-state index in [4.69, 9.17) is 0 Å². The van der Waals surface area contributed by atoms with Gasteiger partial charge in [0.15, 0.2) is 0 Å². The van der Waals surface area contributed by atoms with E-state index in [0.29, 0.717) is 5.69 Å². The summed E-state index contributed by atoms with van der Waals surface area (Å²) in [5.74, 6) is -0.783. The number of para-hydroxylation sites is 1. The van der Waals surface area contributed by atoms with Crippen molar-refractivity contribution in [3.63, 3.8) is 0 Å². The predicted octanol–water partition coefficient (Wildman–Crippen LogP) is 6.51. The van der Waals surface area contributed by atoms with Gasteiger partial charge in [-0.2, -0.15) is 0 Å². The van der Waals surface area contributed by atoms with Gasteiger partial charge in [-0.05, 0) is 67.8 Å². The first kappa shape index (κ1) is 33.0. The maximum atomic E-state index is 14.5. The largest absolute Gasteiger partial charge is 0.352 e. The molecule has 2 atom stereocenters. The molecule has 4 aromatic carbocycles. The molecule has 0 fully saturated rings. The summed E-state index contributed by atoms with van der Waals surface area (Å²) in [5, 5.41) is 3.05. The lowest BCUT2D eigenvalue weighted by atomic mass is 10.0. The van der Waals surface area contributed by atoms with Crippen LogP contribution in [0.1, 0.15) is 37.0 Å². The van der Waals surface area contributed by atoms with Crippen LogP contribution in [0.4, 0.5) is 5.69 Å². The summed E-state index contributed by atoms with van der Waals surface area (Å²) in [5.41, 5.74) is 2.97. The van der Waals surface area contributed by atoms with Crippen LogP contribution in [0.2, 0.25) is 0 Å². The number of amides is 2. The third-order valence-electron chi connectivity index (χ3n) is 7.47. The van der Waals surface area contributed by atoms with Gasteiger partial charge in [-0.15, -0.1) is 0 Å². The molecule has 0 saturated heterocycles. The number of aryl methyl sites for hydroxylation is 1. The average molecular weight is 677 g/mol. The number of benzene rings is 4. The van der Waals surface area contributed by atoms with Gasteiger partial charge in [0.25, 0.3) is 10.0 Å². The van der Waals surface area contributed by atoms with E-state index in [-0.39, 0.29) is 29.8 Å². The van der Waals surface area contributed by atoms with Crippen molar-refractivity contribution >= 4 is 43.5 Å². The second-order valence-electron chi connectivity index (χ2n) is 10.8. The minimum absolute atomic E-state index is 0.0783. The molecule has 0 heterocycles. The highest BCUT2D eigenvalue weighted by molar-refractivity contribution is 9.10. The van der Waals surface area contributed by atoms with Crippen LogP contribution in [0.25, 0.3) is 0 Å². The molecule has 7 nitrogen and oxygen atoms in total. The van der Waals surface area contributed by atoms with E-state index in [1.807, 2.05) is 75.4 Å². The smallest absolute Gasteiger partial charge is 0.264 e. The van der Waals surface area contributed by atoms with E-state index in [0.717, 1.165) is 31.9 Å². The third kappa shape index (κ3) is 8.57. The Kier molecular flexibility index (Phi) is 11.4. The number of nitrogens with zero attached hydrogens (tertiary/aromatic N) is 2. The molecule has 4 aromatic rings. The van der Waals surface area contributed by atoms with Gasteiger partial charge in [0.2, 0.25) is 11.8 Å². The lowest BCUT2D eigenvalue weighted by Gasteiger charge is -2.34. The van der Waals surface area contributed by atoms with Gasteiger partial charge in [-0.3, -0.25) is 13.9 Å². The first-order valence-electron chi connectivity index (χ1n) is 14.6. The maximum Gasteiger partial charge on any atom is 0.264 e. The molecule has 0 saturated carbocycles. The Hall–Kier alpha value is -3.95. The summed E-state index contributed by atoms with van der Waals surface area (Å²) in [4.78, 5) is 29.9. The van der Waals surface area contributed by atoms with Crippen LogP contribution >= 0.6 is 15.9 Å². The summed E-state index contributed by atoms with van der Waals surface area (Å²) in [6.45, 7) is 5.41. The summed E-state index contributed by atoms with van der Waals surface area (Å²) < 4.78 is 30.1. The molecule has 0 aromatic heterocycles. The molecule has 4 rings (SSSR count). The quantitative estimate of drug-likeness (QED) is 0.175. The predicted molar refractivity (Wildman–Crippen MR) is 179 cm³/mol. The molecule has 0 bridgehead atoms. The van der Waals surface area contributed by atoms with E-state index in [2.05, 4.69) is 21.2 Å². The highest BCUT2D eigenvalue weighted by Crippen LogP contribution is 2.25. The van der Waals surface area contributed by atoms with Gasteiger partial charge in [-0.25, -0.2) is 8.42 Å². The van der Waals surface area contributed by atoms with Crippen molar-refractivity contribution in [1.82, 2.24) is 10.2 Å². The number of sulfonamides is 1. The molecule has 44 heavy (non-hydrogen) atoms. The van der Waals surface area contributed by atoms with E-state index in [1.165, 1.54) is 4.90 Å². The number of anilines is 1. The molecule has 0 radical (unpaired) electrons.